The van der Waals surface area contributed by atoms with Gasteiger partial charge in [0.05, 0.1) is 0 Å². The Hall–Kier alpha value is -2.75. The van der Waals surface area contributed by atoms with E-state index in [9.17, 15) is 4.79 Å². The van der Waals surface area contributed by atoms with E-state index < -0.39 is 0 Å². The van der Waals surface area contributed by atoms with Gasteiger partial charge < -0.3 is 15.6 Å². The number of fused-ring (bicyclic) bond motifs is 1. The first kappa shape index (κ1) is 16.1. The van der Waals surface area contributed by atoms with Gasteiger partial charge in [0.1, 0.15) is 0 Å². The van der Waals surface area contributed by atoms with Crippen LogP contribution in [0.5, 0.6) is 0 Å². The lowest BCUT2D eigenvalue weighted by atomic mass is 10.1. The first-order chi connectivity index (χ1) is 11.8. The average Bonchev–Trinajstić information content (AvgIpc) is 3.07. The van der Waals surface area contributed by atoms with E-state index in [0.717, 1.165) is 24.8 Å². The van der Waals surface area contributed by atoms with Crippen LogP contribution in [0.2, 0.25) is 0 Å². The zero-order valence-electron chi connectivity index (χ0n) is 13.7. The van der Waals surface area contributed by atoms with Gasteiger partial charge in [0.2, 0.25) is 0 Å². The number of nitrogens with one attached hydrogen (secondary N) is 3. The highest BCUT2D eigenvalue weighted by atomic mass is 16.2. The first-order valence-electron chi connectivity index (χ1n) is 8.43. The third-order valence-corrected chi connectivity index (χ3v) is 4.09. The summed E-state index contributed by atoms with van der Waals surface area (Å²) in [4.78, 5) is 15.0. The third kappa shape index (κ3) is 4.62. The average molecular weight is 321 g/mol. The number of aryl methyl sites for hydroxylation is 1. The molecular weight excluding hydrogens is 298 g/mol. The van der Waals surface area contributed by atoms with Crippen molar-refractivity contribution in [3.05, 3.63) is 71.9 Å². The van der Waals surface area contributed by atoms with Crippen LogP contribution in [0.1, 0.15) is 17.5 Å². The Kier molecular flexibility index (Phi) is 5.51. The van der Waals surface area contributed by atoms with Gasteiger partial charge in [0.25, 0.3) is 0 Å². The minimum atomic E-state index is -0.0919. The Balaban J connectivity index is 1.32. The summed E-state index contributed by atoms with van der Waals surface area (Å²) in [5.74, 6) is 0. The maximum absolute atomic E-state index is 11.8. The summed E-state index contributed by atoms with van der Waals surface area (Å²) in [6.07, 6.45) is 4.70. The van der Waals surface area contributed by atoms with Crippen LogP contribution in [0, 0.1) is 0 Å². The number of benzene rings is 2. The van der Waals surface area contributed by atoms with Crippen LogP contribution in [0.25, 0.3) is 10.9 Å². The standard InChI is InChI=1S/C20H23N3O/c24-20(22-12-4-7-16-5-2-1-3-6-16)23-13-10-17-8-9-19-18(15-17)11-14-21-19/h1-3,5-6,8-9,11,14-15,21H,4,7,10,12-13H2,(H2,22,23,24). The number of hydrogen-bond acceptors (Lipinski definition) is 1. The maximum atomic E-state index is 11.8. The van der Waals surface area contributed by atoms with Crippen molar-refractivity contribution < 1.29 is 4.79 Å². The Bertz CT molecular complexity index is 780. The fourth-order valence-corrected chi connectivity index (χ4v) is 2.78. The molecule has 0 saturated heterocycles. The van der Waals surface area contributed by atoms with Crippen molar-refractivity contribution in [3.8, 4) is 0 Å². The molecule has 4 nitrogen and oxygen atoms in total. The van der Waals surface area contributed by atoms with E-state index in [1.54, 1.807) is 0 Å². The SMILES string of the molecule is O=C(NCCCc1ccccc1)NCCc1ccc2[nH]ccc2c1. The topological polar surface area (TPSA) is 56.9 Å². The number of aromatic nitrogens is 1. The number of hydrogen-bond donors (Lipinski definition) is 3. The van der Waals surface area contributed by atoms with Crippen LogP contribution >= 0.6 is 0 Å². The summed E-state index contributed by atoms with van der Waals surface area (Å²) < 4.78 is 0. The molecule has 0 radical (unpaired) electrons. The first-order valence-corrected chi connectivity index (χ1v) is 8.43. The van der Waals surface area contributed by atoms with Gasteiger partial charge in [-0.3, -0.25) is 0 Å². The molecule has 0 bridgehead atoms. The molecule has 0 saturated carbocycles. The molecule has 2 aromatic carbocycles. The smallest absolute Gasteiger partial charge is 0.314 e. The second-order valence-electron chi connectivity index (χ2n) is 5.92. The molecule has 0 aliphatic heterocycles. The van der Waals surface area contributed by atoms with E-state index in [0.29, 0.717) is 13.1 Å². The molecule has 1 aromatic heterocycles. The summed E-state index contributed by atoms with van der Waals surface area (Å²) in [5, 5.41) is 7.03. The van der Waals surface area contributed by atoms with Gasteiger partial charge >= 0.3 is 6.03 Å². The predicted octanol–water partition coefficient (Wildman–Crippen LogP) is 3.64. The van der Waals surface area contributed by atoms with Crippen molar-refractivity contribution in [2.75, 3.05) is 13.1 Å². The van der Waals surface area contributed by atoms with E-state index in [-0.39, 0.29) is 6.03 Å². The monoisotopic (exact) mass is 321 g/mol. The van der Waals surface area contributed by atoms with Crippen molar-refractivity contribution in [1.82, 2.24) is 15.6 Å². The van der Waals surface area contributed by atoms with Crippen molar-refractivity contribution in [1.29, 1.82) is 0 Å². The fraction of sp³-hybridized carbons (Fsp3) is 0.250. The zero-order chi connectivity index (χ0) is 16.6. The minimum Gasteiger partial charge on any atom is -0.361 e. The molecule has 0 spiro atoms. The van der Waals surface area contributed by atoms with Gasteiger partial charge in [0, 0.05) is 24.8 Å². The highest BCUT2D eigenvalue weighted by Gasteiger charge is 2.01. The summed E-state index contributed by atoms with van der Waals surface area (Å²) in [7, 11) is 0. The van der Waals surface area contributed by atoms with Gasteiger partial charge in [0.15, 0.2) is 0 Å². The van der Waals surface area contributed by atoms with E-state index in [4.69, 9.17) is 0 Å². The lowest BCUT2D eigenvalue weighted by Gasteiger charge is -2.08. The van der Waals surface area contributed by atoms with Crippen molar-refractivity contribution in [3.63, 3.8) is 0 Å². The van der Waals surface area contributed by atoms with Crippen LogP contribution in [0.4, 0.5) is 4.79 Å². The molecule has 3 aromatic rings. The Morgan fingerprint density at radius 1 is 0.875 bits per heavy atom. The van der Waals surface area contributed by atoms with Gasteiger partial charge in [-0.05, 0) is 54.0 Å². The highest BCUT2D eigenvalue weighted by Crippen LogP contribution is 2.14. The van der Waals surface area contributed by atoms with E-state index in [1.807, 2.05) is 24.4 Å². The van der Waals surface area contributed by atoms with E-state index in [2.05, 4.69) is 52.0 Å². The number of rotatable bonds is 7. The summed E-state index contributed by atoms with van der Waals surface area (Å²) in [6.45, 7) is 1.33. The molecule has 4 heteroatoms. The molecule has 0 aliphatic rings. The van der Waals surface area contributed by atoms with Crippen LogP contribution in [-0.2, 0) is 12.8 Å². The quantitative estimate of drug-likeness (QED) is 0.572. The molecule has 0 unspecified atom stereocenters. The molecular formula is C20H23N3O. The van der Waals surface area contributed by atoms with Crippen molar-refractivity contribution >= 4 is 16.9 Å². The largest absolute Gasteiger partial charge is 0.361 e. The van der Waals surface area contributed by atoms with E-state index in [1.165, 1.54) is 16.5 Å². The van der Waals surface area contributed by atoms with Crippen LogP contribution in [-0.4, -0.2) is 24.1 Å². The van der Waals surface area contributed by atoms with Crippen LogP contribution in [0.3, 0.4) is 0 Å². The summed E-state index contributed by atoms with van der Waals surface area (Å²) >= 11 is 0. The highest BCUT2D eigenvalue weighted by molar-refractivity contribution is 5.80. The number of aromatic amines is 1. The molecule has 0 fully saturated rings. The van der Waals surface area contributed by atoms with Crippen LogP contribution < -0.4 is 10.6 Å². The second-order valence-corrected chi connectivity index (χ2v) is 5.92. The fourth-order valence-electron chi connectivity index (χ4n) is 2.78. The normalized spacial score (nSPS) is 10.7. The van der Waals surface area contributed by atoms with Crippen LogP contribution in [0.15, 0.2) is 60.8 Å². The second kappa shape index (κ2) is 8.20. The zero-order valence-corrected chi connectivity index (χ0v) is 13.7. The Morgan fingerprint density at radius 3 is 2.58 bits per heavy atom. The molecule has 3 N–H and O–H groups in total. The molecule has 2 amide bonds. The number of amides is 2. The lowest BCUT2D eigenvalue weighted by molar-refractivity contribution is 0.241. The van der Waals surface area contributed by atoms with Crippen molar-refractivity contribution in [2.24, 2.45) is 0 Å². The van der Waals surface area contributed by atoms with Gasteiger partial charge in [-0.25, -0.2) is 4.79 Å². The van der Waals surface area contributed by atoms with Gasteiger partial charge in [-0.1, -0.05) is 36.4 Å². The number of H-pyrrole nitrogens is 1. The van der Waals surface area contributed by atoms with Gasteiger partial charge in [-0.15, -0.1) is 0 Å². The molecule has 1 heterocycles. The minimum absolute atomic E-state index is 0.0919. The van der Waals surface area contributed by atoms with E-state index >= 15 is 0 Å². The molecule has 24 heavy (non-hydrogen) atoms. The third-order valence-electron chi connectivity index (χ3n) is 4.09. The summed E-state index contributed by atoms with van der Waals surface area (Å²) in [5.41, 5.74) is 3.68. The number of carbonyl (C=O) groups excluding carboxylic acids is 1. The predicted molar refractivity (Wildman–Crippen MR) is 98.2 cm³/mol. The maximum Gasteiger partial charge on any atom is 0.314 e. The number of urea groups is 1. The molecule has 3 rings (SSSR count). The molecule has 0 aliphatic carbocycles. The van der Waals surface area contributed by atoms with Crippen molar-refractivity contribution in [2.45, 2.75) is 19.3 Å². The lowest BCUT2D eigenvalue weighted by Crippen LogP contribution is -2.37. The summed E-state index contributed by atoms with van der Waals surface area (Å²) in [6, 6.07) is 18.6. The Morgan fingerprint density at radius 2 is 1.71 bits per heavy atom. The molecule has 0 atom stereocenters. The number of carbonyl (C=O) groups is 1. The molecule has 124 valence electrons. The Labute approximate surface area is 142 Å². The van der Waals surface area contributed by atoms with Gasteiger partial charge in [-0.2, -0.15) is 0 Å².